The van der Waals surface area contributed by atoms with Crippen molar-refractivity contribution in [3.05, 3.63) is 12.2 Å². The Hall–Kier alpha value is -0.340. The second kappa shape index (κ2) is 3.33. The molecule has 0 amide bonds. The third kappa shape index (κ3) is 1.24. The Morgan fingerprint density at radius 1 is 1.27 bits per heavy atom. The predicted molar refractivity (Wildman–Crippen MR) is 58.7 cm³/mol. The lowest BCUT2D eigenvalue weighted by molar-refractivity contribution is -0.298. The van der Waals surface area contributed by atoms with E-state index in [1.54, 1.807) is 0 Å². The average Bonchev–Trinajstić information content (AvgIpc) is 2.23. The molecule has 2 heteroatoms. The summed E-state index contributed by atoms with van der Waals surface area (Å²) in [5.74, 6) is 0. The molecule has 0 bridgehead atoms. The number of hydrogen-bond acceptors (Lipinski definition) is 2. The van der Waals surface area contributed by atoms with Crippen LogP contribution in [0.1, 0.15) is 32.6 Å². The van der Waals surface area contributed by atoms with Crippen LogP contribution in [0.25, 0.3) is 0 Å². The van der Waals surface area contributed by atoms with E-state index in [4.69, 9.17) is 9.47 Å². The van der Waals surface area contributed by atoms with Crippen LogP contribution in [-0.2, 0) is 9.47 Å². The molecule has 2 fully saturated rings. The molecule has 2 saturated heterocycles. The second-order valence-corrected chi connectivity index (χ2v) is 5.48. The van der Waals surface area contributed by atoms with E-state index in [2.05, 4.69) is 19.1 Å². The summed E-state index contributed by atoms with van der Waals surface area (Å²) in [5.41, 5.74) is 0.817. The van der Waals surface area contributed by atoms with Crippen LogP contribution in [0.2, 0.25) is 0 Å². The van der Waals surface area contributed by atoms with Crippen LogP contribution in [-0.4, -0.2) is 25.9 Å². The minimum absolute atomic E-state index is 0.351. The Morgan fingerprint density at radius 3 is 2.53 bits per heavy atom. The summed E-state index contributed by atoms with van der Waals surface area (Å²) in [6, 6.07) is 0. The zero-order valence-corrected chi connectivity index (χ0v) is 9.50. The van der Waals surface area contributed by atoms with Gasteiger partial charge in [0.25, 0.3) is 0 Å². The van der Waals surface area contributed by atoms with Crippen molar-refractivity contribution in [3.63, 3.8) is 0 Å². The van der Waals surface area contributed by atoms with Crippen molar-refractivity contribution >= 4 is 0 Å². The summed E-state index contributed by atoms with van der Waals surface area (Å²) in [6.45, 7) is 5.08. The highest BCUT2D eigenvalue weighted by Gasteiger charge is 2.59. The number of hydrogen-bond donors (Lipinski definition) is 0. The lowest BCUT2D eigenvalue weighted by Crippen LogP contribution is -2.66. The molecule has 3 aliphatic rings. The highest BCUT2D eigenvalue weighted by atomic mass is 16.5. The van der Waals surface area contributed by atoms with Gasteiger partial charge in [0.1, 0.15) is 0 Å². The summed E-state index contributed by atoms with van der Waals surface area (Å²) in [6.07, 6.45) is 10.1. The van der Waals surface area contributed by atoms with Crippen LogP contribution in [0.15, 0.2) is 12.2 Å². The summed E-state index contributed by atoms with van der Waals surface area (Å²) in [5, 5.41) is 0. The van der Waals surface area contributed by atoms with Gasteiger partial charge in [0.15, 0.2) is 0 Å². The summed E-state index contributed by atoms with van der Waals surface area (Å²) >= 11 is 0. The van der Waals surface area contributed by atoms with Gasteiger partial charge in [-0.3, -0.25) is 0 Å². The highest BCUT2D eigenvalue weighted by Crippen LogP contribution is 2.55. The van der Waals surface area contributed by atoms with Crippen molar-refractivity contribution < 1.29 is 9.47 Å². The molecule has 15 heavy (non-hydrogen) atoms. The van der Waals surface area contributed by atoms with E-state index in [1.165, 1.54) is 25.7 Å². The minimum atomic E-state index is 0.351. The fourth-order valence-corrected chi connectivity index (χ4v) is 3.41. The Balaban J connectivity index is 1.79. The van der Waals surface area contributed by atoms with Crippen molar-refractivity contribution in [1.82, 2.24) is 0 Å². The van der Waals surface area contributed by atoms with E-state index in [1.807, 2.05) is 0 Å². The molecule has 0 aromatic rings. The van der Waals surface area contributed by atoms with E-state index < -0.39 is 0 Å². The molecule has 0 aromatic heterocycles. The summed E-state index contributed by atoms with van der Waals surface area (Å²) < 4.78 is 11.3. The fraction of sp³-hybridized carbons (Fsp3) is 0.846. The molecule has 0 N–H and O–H groups in total. The highest BCUT2D eigenvalue weighted by molar-refractivity contribution is 5.11. The molecule has 2 unspecified atom stereocenters. The quantitative estimate of drug-likeness (QED) is 0.649. The molecule has 84 valence electrons. The fourth-order valence-electron chi connectivity index (χ4n) is 3.41. The molecule has 0 saturated carbocycles. The topological polar surface area (TPSA) is 18.5 Å². The van der Waals surface area contributed by atoms with Gasteiger partial charge in [0.05, 0.1) is 25.9 Å². The molecule has 1 aliphatic carbocycles. The molecular weight excluding hydrogens is 188 g/mol. The maximum atomic E-state index is 5.91. The first-order valence-corrected chi connectivity index (χ1v) is 6.16. The summed E-state index contributed by atoms with van der Waals surface area (Å²) in [4.78, 5) is 0. The van der Waals surface area contributed by atoms with Crippen molar-refractivity contribution in [2.45, 2.75) is 38.7 Å². The standard InChI is InChI=1S/C13H20O2/c1-2-12(8-14-9-12)11-13(10-15-11)6-4-3-5-7-13/h3-4,11H,2,5-10H2,1H3. The van der Waals surface area contributed by atoms with Crippen molar-refractivity contribution in [2.24, 2.45) is 10.8 Å². The second-order valence-electron chi connectivity index (χ2n) is 5.48. The molecule has 3 rings (SSSR count). The lowest BCUT2D eigenvalue weighted by atomic mass is 9.59. The first-order chi connectivity index (χ1) is 7.31. The van der Waals surface area contributed by atoms with Gasteiger partial charge < -0.3 is 9.47 Å². The number of ether oxygens (including phenoxy) is 2. The third-order valence-electron chi connectivity index (χ3n) is 4.63. The molecule has 2 aliphatic heterocycles. The SMILES string of the molecule is CCC1(C2OCC23CC=CCC3)COC1. The van der Waals surface area contributed by atoms with Gasteiger partial charge in [-0.2, -0.15) is 0 Å². The minimum Gasteiger partial charge on any atom is -0.380 e. The zero-order chi connectivity index (χ0) is 10.4. The van der Waals surface area contributed by atoms with Gasteiger partial charge in [-0.1, -0.05) is 19.1 Å². The molecule has 2 heterocycles. The van der Waals surface area contributed by atoms with Gasteiger partial charge in [-0.15, -0.1) is 0 Å². The van der Waals surface area contributed by atoms with Gasteiger partial charge in [-0.05, 0) is 25.7 Å². The Labute approximate surface area is 91.6 Å². The lowest BCUT2D eigenvalue weighted by Gasteiger charge is -2.60. The van der Waals surface area contributed by atoms with Crippen LogP contribution >= 0.6 is 0 Å². The Morgan fingerprint density at radius 2 is 2.13 bits per heavy atom. The predicted octanol–water partition coefficient (Wildman–Crippen LogP) is 2.54. The maximum absolute atomic E-state index is 5.91. The number of rotatable bonds is 2. The Bertz CT molecular complexity index is 275. The largest absolute Gasteiger partial charge is 0.380 e. The van der Waals surface area contributed by atoms with Crippen molar-refractivity contribution in [3.8, 4) is 0 Å². The van der Waals surface area contributed by atoms with E-state index in [-0.39, 0.29) is 0 Å². The van der Waals surface area contributed by atoms with E-state index in [9.17, 15) is 0 Å². The molecule has 1 spiro atoms. The number of allylic oxidation sites excluding steroid dienone is 2. The van der Waals surface area contributed by atoms with Gasteiger partial charge in [0.2, 0.25) is 0 Å². The molecule has 2 nitrogen and oxygen atoms in total. The third-order valence-corrected chi connectivity index (χ3v) is 4.63. The van der Waals surface area contributed by atoms with Crippen LogP contribution < -0.4 is 0 Å². The van der Waals surface area contributed by atoms with Crippen molar-refractivity contribution in [2.75, 3.05) is 19.8 Å². The monoisotopic (exact) mass is 208 g/mol. The molecular formula is C13H20O2. The van der Waals surface area contributed by atoms with E-state index in [0.717, 1.165) is 19.8 Å². The van der Waals surface area contributed by atoms with Crippen LogP contribution in [0, 0.1) is 10.8 Å². The first-order valence-electron chi connectivity index (χ1n) is 6.16. The molecule has 0 radical (unpaired) electrons. The Kier molecular flexibility index (Phi) is 2.18. The smallest absolute Gasteiger partial charge is 0.0756 e. The van der Waals surface area contributed by atoms with Gasteiger partial charge >= 0.3 is 0 Å². The average molecular weight is 208 g/mol. The molecule has 0 aromatic carbocycles. The van der Waals surface area contributed by atoms with Crippen molar-refractivity contribution in [1.29, 1.82) is 0 Å². The normalized spacial score (nSPS) is 42.3. The van der Waals surface area contributed by atoms with Crippen LogP contribution in [0.4, 0.5) is 0 Å². The van der Waals surface area contributed by atoms with E-state index in [0.29, 0.717) is 16.9 Å². The zero-order valence-electron chi connectivity index (χ0n) is 9.50. The van der Waals surface area contributed by atoms with Crippen LogP contribution in [0.3, 0.4) is 0 Å². The van der Waals surface area contributed by atoms with Gasteiger partial charge in [-0.25, -0.2) is 0 Å². The molecule has 2 atom stereocenters. The van der Waals surface area contributed by atoms with Crippen LogP contribution in [0.5, 0.6) is 0 Å². The first kappa shape index (κ1) is 9.86. The van der Waals surface area contributed by atoms with Gasteiger partial charge in [0, 0.05) is 10.8 Å². The van der Waals surface area contributed by atoms with E-state index >= 15 is 0 Å². The maximum Gasteiger partial charge on any atom is 0.0756 e. The summed E-state index contributed by atoms with van der Waals surface area (Å²) in [7, 11) is 0.